The van der Waals surface area contributed by atoms with Gasteiger partial charge < -0.3 is 5.43 Å². The lowest BCUT2D eigenvalue weighted by Crippen LogP contribution is -2.32. The van der Waals surface area contributed by atoms with Gasteiger partial charge in [0.2, 0.25) is 0 Å². The summed E-state index contributed by atoms with van der Waals surface area (Å²) in [5.41, 5.74) is 7.48. The number of rotatable bonds is 9. The van der Waals surface area contributed by atoms with Crippen LogP contribution in [0.1, 0.15) is 34.0 Å². The van der Waals surface area contributed by atoms with Crippen LogP contribution in [0.4, 0.5) is 0 Å². The van der Waals surface area contributed by atoms with Gasteiger partial charge in [-0.2, -0.15) is 5.26 Å². The molecule has 0 aliphatic heterocycles. The average molecular weight is 360 g/mol. The maximum absolute atomic E-state index is 11.4. The molecule has 0 unspecified atom stereocenters. The van der Waals surface area contributed by atoms with Crippen LogP contribution in [0.25, 0.3) is 5.57 Å². The number of hydrogen-bond acceptors (Lipinski definition) is 5. The molecule has 0 saturated heterocycles. The molecule has 0 aliphatic rings. The van der Waals surface area contributed by atoms with Crippen LogP contribution in [0.15, 0.2) is 67.4 Å². The average Bonchev–Trinajstić information content (AvgIpc) is 2.68. The Morgan fingerprint density at radius 3 is 1.93 bits per heavy atom. The smallest absolute Gasteiger partial charge is 0.159 e. The quantitative estimate of drug-likeness (QED) is 0.310. The van der Waals surface area contributed by atoms with E-state index in [2.05, 4.69) is 29.6 Å². The molecule has 0 spiro atoms. The summed E-state index contributed by atoms with van der Waals surface area (Å²) < 4.78 is 0. The summed E-state index contributed by atoms with van der Waals surface area (Å²) in [4.78, 5) is 13.6. The number of nitrogens with one attached hydrogen (secondary N) is 1. The van der Waals surface area contributed by atoms with Crippen LogP contribution < -0.4 is 11.3 Å². The summed E-state index contributed by atoms with van der Waals surface area (Å²) in [6, 6.07) is 17.4. The number of benzene rings is 2. The molecule has 2 rings (SSSR count). The van der Waals surface area contributed by atoms with Crippen molar-refractivity contribution in [3.8, 4) is 6.07 Å². The van der Waals surface area contributed by atoms with E-state index in [0.717, 1.165) is 16.7 Å². The maximum Gasteiger partial charge on any atom is 0.159 e. The Hall–Kier alpha value is -3.20. The lowest BCUT2D eigenvalue weighted by atomic mass is 10.1. The van der Waals surface area contributed by atoms with E-state index in [0.29, 0.717) is 36.5 Å². The fourth-order valence-corrected chi connectivity index (χ4v) is 2.72. The van der Waals surface area contributed by atoms with Gasteiger partial charge in [0.15, 0.2) is 5.78 Å². The number of ketones is 1. The molecule has 0 radical (unpaired) electrons. The predicted octanol–water partition coefficient (Wildman–Crippen LogP) is 3.41. The van der Waals surface area contributed by atoms with Crippen LogP contribution in [0.2, 0.25) is 0 Å². The Balaban J connectivity index is 2.14. The van der Waals surface area contributed by atoms with E-state index in [4.69, 9.17) is 11.1 Å². The third-order valence-electron chi connectivity index (χ3n) is 4.23. The van der Waals surface area contributed by atoms with Crippen molar-refractivity contribution >= 4 is 11.4 Å². The van der Waals surface area contributed by atoms with E-state index < -0.39 is 0 Å². The molecule has 0 amide bonds. The van der Waals surface area contributed by atoms with Gasteiger partial charge in [0, 0.05) is 30.9 Å². The Morgan fingerprint density at radius 1 is 1.04 bits per heavy atom. The summed E-state index contributed by atoms with van der Waals surface area (Å²) in [6.07, 6.45) is 0. The molecule has 0 atom stereocenters. The zero-order valence-electron chi connectivity index (χ0n) is 15.5. The highest BCUT2D eigenvalue weighted by Crippen LogP contribution is 2.16. The van der Waals surface area contributed by atoms with E-state index in [9.17, 15) is 4.79 Å². The second-order valence-electron chi connectivity index (χ2n) is 6.43. The van der Waals surface area contributed by atoms with Gasteiger partial charge in [-0.25, -0.2) is 0 Å². The molecule has 5 nitrogen and oxygen atoms in total. The Kier molecular flexibility index (Phi) is 7.07. The number of nitrogens with two attached hydrogens (primary N) is 1. The van der Waals surface area contributed by atoms with Crippen molar-refractivity contribution in [3.05, 3.63) is 89.6 Å². The van der Waals surface area contributed by atoms with Gasteiger partial charge in [0.25, 0.3) is 0 Å². The van der Waals surface area contributed by atoms with Crippen LogP contribution in [0, 0.1) is 11.3 Å². The maximum atomic E-state index is 11.4. The zero-order chi connectivity index (χ0) is 19.8. The van der Waals surface area contributed by atoms with Gasteiger partial charge in [0.1, 0.15) is 0 Å². The minimum atomic E-state index is 0.0539. The van der Waals surface area contributed by atoms with Gasteiger partial charge in [0.05, 0.1) is 11.6 Å². The van der Waals surface area contributed by atoms with E-state index in [1.165, 1.54) is 0 Å². The minimum absolute atomic E-state index is 0.0539. The number of carbonyl (C=O) groups is 1. The molecular weight excluding hydrogens is 336 g/mol. The van der Waals surface area contributed by atoms with Crippen LogP contribution in [0.3, 0.4) is 0 Å². The van der Waals surface area contributed by atoms with Crippen molar-refractivity contribution in [1.82, 2.24) is 10.3 Å². The summed E-state index contributed by atoms with van der Waals surface area (Å²) in [7, 11) is 0. The first-order valence-electron chi connectivity index (χ1n) is 8.58. The summed E-state index contributed by atoms with van der Waals surface area (Å²) >= 11 is 0. The van der Waals surface area contributed by atoms with E-state index >= 15 is 0 Å². The van der Waals surface area contributed by atoms with Crippen molar-refractivity contribution < 1.29 is 4.79 Å². The van der Waals surface area contributed by atoms with Crippen molar-refractivity contribution in [2.45, 2.75) is 20.0 Å². The first kappa shape index (κ1) is 20.1. The fourth-order valence-electron chi connectivity index (χ4n) is 2.72. The summed E-state index contributed by atoms with van der Waals surface area (Å²) in [6.45, 7) is 11.2. The van der Waals surface area contributed by atoms with Crippen LogP contribution in [0.5, 0.6) is 0 Å². The summed E-state index contributed by atoms with van der Waals surface area (Å²) in [5, 5.41) is 8.94. The number of hydrazine groups is 1. The molecule has 0 saturated carbocycles. The van der Waals surface area contributed by atoms with Crippen LogP contribution in [-0.4, -0.2) is 17.2 Å². The second kappa shape index (κ2) is 9.48. The van der Waals surface area contributed by atoms with Gasteiger partial charge in [-0.05, 0) is 23.6 Å². The van der Waals surface area contributed by atoms with Crippen molar-refractivity contribution in [2.24, 2.45) is 5.84 Å². The molecule has 0 aromatic heterocycles. The Labute approximate surface area is 160 Å². The number of hydrogen-bond donors (Lipinski definition) is 2. The zero-order valence-corrected chi connectivity index (χ0v) is 15.5. The van der Waals surface area contributed by atoms with Crippen molar-refractivity contribution in [1.29, 1.82) is 5.26 Å². The normalized spacial score (nSPS) is 10.3. The fraction of sp³-hybridized carbons (Fsp3) is 0.182. The number of nitriles is 1. The molecule has 2 aromatic rings. The first-order valence-corrected chi connectivity index (χ1v) is 8.58. The first-order chi connectivity index (χ1) is 12.9. The highest BCUT2D eigenvalue weighted by atomic mass is 16.1. The SMILES string of the molecule is C=C(CN(Cc1ccc(C(=C)C#N)cc1)Cc1ccc(C(C)=O)cc1)NN. The molecule has 3 N–H and O–H groups in total. The lowest BCUT2D eigenvalue weighted by Gasteiger charge is -2.23. The number of Topliss-reactive ketones (excluding diaryl/α,β-unsaturated/α-hetero) is 1. The molecule has 2 aromatic carbocycles. The Bertz CT molecular complexity index is 861. The number of carbonyl (C=O) groups excluding carboxylic acids is 1. The summed E-state index contributed by atoms with van der Waals surface area (Å²) in [5.74, 6) is 5.53. The molecule has 0 fully saturated rings. The molecule has 0 aliphatic carbocycles. The van der Waals surface area contributed by atoms with Crippen LogP contribution in [-0.2, 0) is 13.1 Å². The van der Waals surface area contributed by atoms with Gasteiger partial charge in [-0.1, -0.05) is 61.7 Å². The third-order valence-corrected chi connectivity index (χ3v) is 4.23. The molecule has 27 heavy (non-hydrogen) atoms. The molecular formula is C22H24N4O. The monoisotopic (exact) mass is 360 g/mol. The topological polar surface area (TPSA) is 82.2 Å². The second-order valence-corrected chi connectivity index (χ2v) is 6.43. The van der Waals surface area contributed by atoms with Gasteiger partial charge >= 0.3 is 0 Å². The third kappa shape index (κ3) is 5.93. The van der Waals surface area contributed by atoms with E-state index in [1.54, 1.807) is 6.92 Å². The molecule has 0 heterocycles. The highest BCUT2D eigenvalue weighted by Gasteiger charge is 2.10. The van der Waals surface area contributed by atoms with Gasteiger partial charge in [-0.15, -0.1) is 0 Å². The Morgan fingerprint density at radius 2 is 1.52 bits per heavy atom. The van der Waals surface area contributed by atoms with E-state index in [-0.39, 0.29) is 5.78 Å². The molecule has 0 bridgehead atoms. The lowest BCUT2D eigenvalue weighted by molar-refractivity contribution is 0.101. The largest absolute Gasteiger partial charge is 0.328 e. The highest BCUT2D eigenvalue weighted by molar-refractivity contribution is 5.94. The van der Waals surface area contributed by atoms with Gasteiger partial charge in [-0.3, -0.25) is 15.5 Å². The number of allylic oxidation sites excluding steroid dienone is 1. The molecule has 138 valence electrons. The molecule has 5 heteroatoms. The number of nitrogens with zero attached hydrogens (tertiary/aromatic N) is 2. The van der Waals surface area contributed by atoms with Crippen LogP contribution >= 0.6 is 0 Å². The van der Waals surface area contributed by atoms with Crippen molar-refractivity contribution in [2.75, 3.05) is 6.54 Å². The van der Waals surface area contributed by atoms with Crippen molar-refractivity contribution in [3.63, 3.8) is 0 Å². The predicted molar refractivity (Wildman–Crippen MR) is 108 cm³/mol. The van der Waals surface area contributed by atoms with E-state index in [1.807, 2.05) is 48.5 Å². The minimum Gasteiger partial charge on any atom is -0.328 e. The standard InChI is InChI=1S/C22H24N4O/c1-16(12-23)21-8-4-19(5-9-21)14-26(13-17(2)25-24)15-20-6-10-22(11-7-20)18(3)27/h4-11,25H,1-2,13-15,24H2,3H3.